The van der Waals surface area contributed by atoms with Crippen LogP contribution in [-0.4, -0.2) is 72.1 Å². The second-order valence-corrected chi connectivity index (χ2v) is 10.2. The molecule has 1 aromatic heterocycles. The van der Waals surface area contributed by atoms with Crippen LogP contribution in [0.25, 0.3) is 10.6 Å². The van der Waals surface area contributed by atoms with Crippen molar-refractivity contribution in [2.75, 3.05) is 39.3 Å². The normalized spacial score (nSPS) is 16.0. The van der Waals surface area contributed by atoms with Gasteiger partial charge in [-0.05, 0) is 19.1 Å². The summed E-state index contributed by atoms with van der Waals surface area (Å²) in [6.07, 6.45) is -4.42. The Hall–Kier alpha value is -2.02. The van der Waals surface area contributed by atoms with Crippen LogP contribution in [0.4, 0.5) is 13.2 Å². The van der Waals surface area contributed by atoms with Crippen molar-refractivity contribution < 1.29 is 26.4 Å². The van der Waals surface area contributed by atoms with Gasteiger partial charge in [-0.1, -0.05) is 26.0 Å². The van der Waals surface area contributed by atoms with Crippen molar-refractivity contribution in [1.29, 1.82) is 0 Å². The molecule has 1 amide bonds. The number of rotatable bonds is 6. The second kappa shape index (κ2) is 9.46. The van der Waals surface area contributed by atoms with Crippen LogP contribution < -0.4 is 0 Å². The number of halogens is 3. The Bertz CT molecular complexity index is 1060. The lowest BCUT2D eigenvalue weighted by Crippen LogP contribution is -2.54. The summed E-state index contributed by atoms with van der Waals surface area (Å²) in [5, 5.41) is 0.460. The van der Waals surface area contributed by atoms with Gasteiger partial charge in [-0.2, -0.15) is 30.2 Å². The summed E-state index contributed by atoms with van der Waals surface area (Å²) in [6, 6.07) is 4.66. The van der Waals surface area contributed by atoms with Crippen LogP contribution in [0, 0.1) is 6.92 Å². The molecule has 0 N–H and O–H groups in total. The van der Waals surface area contributed by atoms with Crippen LogP contribution in [-0.2, 0) is 16.4 Å². The highest BCUT2D eigenvalue weighted by molar-refractivity contribution is 7.86. The first-order chi connectivity index (χ1) is 15.0. The molecule has 2 heterocycles. The summed E-state index contributed by atoms with van der Waals surface area (Å²) in [6.45, 7) is 6.91. The molecule has 1 saturated heterocycles. The Morgan fingerprint density at radius 3 is 2.16 bits per heavy atom. The fourth-order valence-corrected chi connectivity index (χ4v) is 6.14. The Morgan fingerprint density at radius 2 is 1.66 bits per heavy atom. The monoisotopic (exact) mass is 490 g/mol. The molecule has 0 radical (unpaired) electrons. The van der Waals surface area contributed by atoms with Crippen molar-refractivity contribution in [2.45, 2.75) is 26.9 Å². The minimum absolute atomic E-state index is 0.203. The SMILES string of the molecule is CCN(CC)S(=O)(=O)N1CCN(C(=O)c2sc(-c3ccc(C(F)(F)F)cc3)nc2C)CC1. The number of carbonyl (C=O) groups is 1. The van der Waals surface area contributed by atoms with Crippen LogP contribution in [0.1, 0.15) is 34.8 Å². The Labute approximate surface area is 189 Å². The standard InChI is InChI=1S/C20H25F3N4O3S2/c1-4-26(5-2)32(29,30)27-12-10-25(11-13-27)19(28)17-14(3)24-18(31-17)15-6-8-16(9-7-15)20(21,22)23/h6-9H,4-5,10-13H2,1-3H3. The summed E-state index contributed by atoms with van der Waals surface area (Å²) in [5.74, 6) is -0.252. The lowest BCUT2D eigenvalue weighted by atomic mass is 10.1. The third-order valence-electron chi connectivity index (χ3n) is 5.33. The molecule has 7 nitrogen and oxygen atoms in total. The molecule has 1 aromatic carbocycles. The molecule has 1 fully saturated rings. The smallest absolute Gasteiger partial charge is 0.335 e. The lowest BCUT2D eigenvalue weighted by molar-refractivity contribution is -0.137. The van der Waals surface area contributed by atoms with Gasteiger partial charge < -0.3 is 4.90 Å². The summed E-state index contributed by atoms with van der Waals surface area (Å²) < 4.78 is 66.4. The molecular weight excluding hydrogens is 465 g/mol. The van der Waals surface area contributed by atoms with Crippen molar-refractivity contribution in [3.8, 4) is 10.6 Å². The molecule has 0 aliphatic carbocycles. The molecular formula is C20H25F3N4O3S2. The maximum atomic E-state index is 13.0. The number of aryl methyl sites for hydroxylation is 1. The van der Waals surface area contributed by atoms with Crippen molar-refractivity contribution in [2.24, 2.45) is 0 Å². The van der Waals surface area contributed by atoms with Crippen LogP contribution in [0.5, 0.6) is 0 Å². The number of hydrogen-bond acceptors (Lipinski definition) is 5. The van der Waals surface area contributed by atoms with E-state index in [-0.39, 0.29) is 32.1 Å². The first-order valence-corrected chi connectivity index (χ1v) is 12.4. The van der Waals surface area contributed by atoms with Crippen molar-refractivity contribution in [3.05, 3.63) is 40.4 Å². The Balaban J connectivity index is 1.71. The number of alkyl halides is 3. The van der Waals surface area contributed by atoms with E-state index in [2.05, 4.69) is 4.98 Å². The molecule has 1 aliphatic heterocycles. The van der Waals surface area contributed by atoms with E-state index in [0.717, 1.165) is 23.5 Å². The van der Waals surface area contributed by atoms with Gasteiger partial charge in [0.05, 0.1) is 11.3 Å². The molecule has 32 heavy (non-hydrogen) atoms. The number of carbonyl (C=O) groups excluding carboxylic acids is 1. The van der Waals surface area contributed by atoms with Gasteiger partial charge in [-0.3, -0.25) is 4.79 Å². The highest BCUT2D eigenvalue weighted by Crippen LogP contribution is 2.33. The number of thiazole rings is 1. The minimum atomic E-state index is -4.42. The van der Waals surface area contributed by atoms with E-state index in [1.165, 1.54) is 20.7 Å². The zero-order valence-corrected chi connectivity index (χ0v) is 19.6. The quantitative estimate of drug-likeness (QED) is 0.622. The van der Waals surface area contributed by atoms with E-state index in [9.17, 15) is 26.4 Å². The summed E-state index contributed by atoms with van der Waals surface area (Å²) in [7, 11) is -3.55. The van der Waals surface area contributed by atoms with E-state index >= 15 is 0 Å². The number of aromatic nitrogens is 1. The molecule has 3 rings (SSSR count). The molecule has 0 saturated carbocycles. The zero-order chi connectivity index (χ0) is 23.7. The molecule has 12 heteroatoms. The number of benzene rings is 1. The van der Waals surface area contributed by atoms with Crippen LogP contribution in [0.2, 0.25) is 0 Å². The Kier molecular flexibility index (Phi) is 7.28. The number of nitrogens with zero attached hydrogens (tertiary/aromatic N) is 4. The summed E-state index contributed by atoms with van der Waals surface area (Å²) in [5.41, 5.74) is 0.247. The highest BCUT2D eigenvalue weighted by Gasteiger charge is 2.33. The number of amides is 1. The van der Waals surface area contributed by atoms with Gasteiger partial charge >= 0.3 is 6.18 Å². The lowest BCUT2D eigenvalue weighted by Gasteiger charge is -2.36. The molecule has 1 aliphatic rings. The second-order valence-electron chi connectivity index (χ2n) is 7.29. The van der Waals surface area contributed by atoms with Gasteiger partial charge in [0.25, 0.3) is 16.1 Å². The molecule has 0 spiro atoms. The largest absolute Gasteiger partial charge is 0.416 e. The average Bonchev–Trinajstić information content (AvgIpc) is 3.15. The third kappa shape index (κ3) is 4.98. The maximum absolute atomic E-state index is 13.0. The number of piperazine rings is 1. The van der Waals surface area contributed by atoms with E-state index < -0.39 is 21.9 Å². The van der Waals surface area contributed by atoms with E-state index in [4.69, 9.17) is 0 Å². The van der Waals surface area contributed by atoms with Crippen LogP contribution in [0.15, 0.2) is 24.3 Å². The van der Waals surface area contributed by atoms with Gasteiger partial charge in [0.1, 0.15) is 9.88 Å². The van der Waals surface area contributed by atoms with Crippen molar-refractivity contribution in [1.82, 2.24) is 18.5 Å². The molecule has 0 bridgehead atoms. The third-order valence-corrected chi connectivity index (χ3v) is 8.72. The average molecular weight is 491 g/mol. The van der Waals surface area contributed by atoms with E-state index in [0.29, 0.717) is 34.2 Å². The fraction of sp³-hybridized carbons (Fsp3) is 0.500. The first-order valence-electron chi connectivity index (χ1n) is 10.2. The molecule has 176 valence electrons. The Morgan fingerprint density at radius 1 is 1.09 bits per heavy atom. The molecule has 0 atom stereocenters. The zero-order valence-electron chi connectivity index (χ0n) is 18.0. The molecule has 2 aromatic rings. The topological polar surface area (TPSA) is 73.8 Å². The first kappa shape index (κ1) is 24.6. The van der Waals surface area contributed by atoms with Crippen molar-refractivity contribution in [3.63, 3.8) is 0 Å². The van der Waals surface area contributed by atoms with Gasteiger partial charge in [0, 0.05) is 44.8 Å². The predicted molar refractivity (Wildman–Crippen MR) is 117 cm³/mol. The summed E-state index contributed by atoms with van der Waals surface area (Å²) in [4.78, 5) is 19.4. The minimum Gasteiger partial charge on any atom is -0.335 e. The van der Waals surface area contributed by atoms with E-state index in [1.807, 2.05) is 0 Å². The van der Waals surface area contributed by atoms with E-state index in [1.54, 1.807) is 25.7 Å². The van der Waals surface area contributed by atoms with Gasteiger partial charge in [-0.25, -0.2) is 4.98 Å². The van der Waals surface area contributed by atoms with Crippen molar-refractivity contribution >= 4 is 27.5 Å². The van der Waals surface area contributed by atoms with Crippen LogP contribution >= 0.6 is 11.3 Å². The molecule has 0 unspecified atom stereocenters. The maximum Gasteiger partial charge on any atom is 0.416 e. The highest BCUT2D eigenvalue weighted by atomic mass is 32.2. The van der Waals surface area contributed by atoms with Gasteiger partial charge in [0.2, 0.25) is 0 Å². The van der Waals surface area contributed by atoms with Gasteiger partial charge in [-0.15, -0.1) is 11.3 Å². The fourth-order valence-electron chi connectivity index (χ4n) is 3.50. The van der Waals surface area contributed by atoms with Gasteiger partial charge in [0.15, 0.2) is 0 Å². The predicted octanol–water partition coefficient (Wildman–Crippen LogP) is 3.48. The number of hydrogen-bond donors (Lipinski definition) is 0. The summed E-state index contributed by atoms with van der Waals surface area (Å²) >= 11 is 1.12. The van der Waals surface area contributed by atoms with Crippen LogP contribution in [0.3, 0.4) is 0 Å².